The van der Waals surface area contributed by atoms with Crippen LogP contribution in [-0.4, -0.2) is 74.0 Å². The van der Waals surface area contributed by atoms with Crippen LogP contribution in [0.5, 0.6) is 0 Å². The van der Waals surface area contributed by atoms with Gasteiger partial charge in [0.2, 0.25) is 17.7 Å². The van der Waals surface area contributed by atoms with Gasteiger partial charge in [-0.3, -0.25) is 38.8 Å². The minimum Gasteiger partial charge on any atom is -0.381 e. The van der Waals surface area contributed by atoms with Crippen LogP contribution in [0.2, 0.25) is 5.02 Å². The number of carbonyl (C=O) groups excluding carboxylic acids is 5. The number of anilines is 1. The van der Waals surface area contributed by atoms with Gasteiger partial charge in [0.25, 0.3) is 5.91 Å². The fraction of sp³-hybridized carbons (Fsp3) is 0.429. The molecule has 2 N–H and O–H groups in total. The van der Waals surface area contributed by atoms with Crippen molar-refractivity contribution in [1.82, 2.24) is 25.0 Å². The van der Waals surface area contributed by atoms with E-state index in [1.165, 1.54) is 9.78 Å². The molecule has 0 radical (unpaired) electrons. The van der Waals surface area contributed by atoms with E-state index in [1.807, 2.05) is 31.2 Å². The zero-order chi connectivity index (χ0) is 40.2. The van der Waals surface area contributed by atoms with E-state index in [4.69, 9.17) is 21.3 Å². The summed E-state index contributed by atoms with van der Waals surface area (Å²) >= 11 is 7.91. The van der Waals surface area contributed by atoms with Crippen LogP contribution in [0.4, 0.5) is 5.69 Å². The summed E-state index contributed by atoms with van der Waals surface area (Å²) in [6, 6.07) is 11.6. The number of aliphatic imine (C=N–C) groups is 1. The number of amides is 4. The van der Waals surface area contributed by atoms with Crippen molar-refractivity contribution in [3.63, 3.8) is 0 Å². The number of piperidine rings is 1. The largest absolute Gasteiger partial charge is 0.381 e. The summed E-state index contributed by atoms with van der Waals surface area (Å²) in [6.07, 6.45) is 5.32. The van der Waals surface area contributed by atoms with E-state index in [1.54, 1.807) is 29.5 Å². The summed E-state index contributed by atoms with van der Waals surface area (Å²) in [5.41, 5.74) is 5.65. The van der Waals surface area contributed by atoms with Gasteiger partial charge in [-0.1, -0.05) is 42.6 Å². The first-order chi connectivity index (χ1) is 27.5. The van der Waals surface area contributed by atoms with Crippen LogP contribution < -0.4 is 10.6 Å². The molecule has 4 amide bonds. The van der Waals surface area contributed by atoms with Gasteiger partial charge < -0.3 is 15.0 Å². The molecule has 0 bridgehead atoms. The number of imide groups is 1. The number of carbonyl (C=O) groups is 5. The molecule has 5 heterocycles. The minimum absolute atomic E-state index is 0. The Bertz CT molecular complexity index is 2250. The predicted molar refractivity (Wildman–Crippen MR) is 224 cm³/mol. The minimum atomic E-state index is -0.710. The Morgan fingerprint density at radius 2 is 1.72 bits per heavy atom. The third-order valence-electron chi connectivity index (χ3n) is 10.8. The summed E-state index contributed by atoms with van der Waals surface area (Å²) in [7, 11) is 0. The first kappa shape index (κ1) is 42.8. The average Bonchev–Trinajstić information content (AvgIpc) is 3.80. The number of unbranched alkanes of at least 4 members (excludes halogenated alkanes) is 3. The highest BCUT2D eigenvalue weighted by molar-refractivity contribution is 7.15. The number of hydrogen-bond donors (Lipinski definition) is 2. The van der Waals surface area contributed by atoms with E-state index in [9.17, 15) is 24.0 Å². The van der Waals surface area contributed by atoms with Gasteiger partial charge in [-0.15, -0.1) is 33.9 Å². The number of aryl methyl sites for hydroxylation is 2. The molecule has 0 saturated carbocycles. The molecule has 1 fully saturated rings. The summed E-state index contributed by atoms with van der Waals surface area (Å²) < 4.78 is 7.90. The Kier molecular flexibility index (Phi) is 13.9. The van der Waals surface area contributed by atoms with Gasteiger partial charge >= 0.3 is 0 Å². The Hall–Kier alpha value is -4.76. The van der Waals surface area contributed by atoms with Crippen LogP contribution in [0.3, 0.4) is 0 Å². The molecule has 58 heavy (non-hydrogen) atoms. The molecule has 4 aromatic rings. The van der Waals surface area contributed by atoms with Gasteiger partial charge in [0.1, 0.15) is 28.7 Å². The van der Waals surface area contributed by atoms with Crippen LogP contribution >= 0.6 is 35.3 Å². The molecule has 306 valence electrons. The summed E-state index contributed by atoms with van der Waals surface area (Å²) in [5.74, 6) is 0.295. The van der Waals surface area contributed by atoms with Crippen molar-refractivity contribution in [2.24, 2.45) is 4.99 Å². The van der Waals surface area contributed by atoms with E-state index in [0.717, 1.165) is 52.5 Å². The molecule has 7 rings (SSSR count). The number of thiophene rings is 1. The van der Waals surface area contributed by atoms with Crippen molar-refractivity contribution in [3.8, 4) is 5.00 Å². The number of ketones is 1. The molecule has 2 atom stereocenters. The van der Waals surface area contributed by atoms with E-state index in [-0.39, 0.29) is 61.7 Å². The highest BCUT2D eigenvalue weighted by Gasteiger charge is 2.40. The van der Waals surface area contributed by atoms with E-state index in [0.29, 0.717) is 66.6 Å². The van der Waals surface area contributed by atoms with Crippen LogP contribution in [-0.2, 0) is 30.5 Å². The lowest BCUT2D eigenvalue weighted by atomic mass is 9.99. The van der Waals surface area contributed by atoms with Crippen molar-refractivity contribution in [2.45, 2.75) is 104 Å². The summed E-state index contributed by atoms with van der Waals surface area (Å²) in [6.45, 7) is 7.39. The molecule has 16 heteroatoms. The fourth-order valence-electron chi connectivity index (χ4n) is 7.68. The maximum absolute atomic E-state index is 13.3. The molecule has 13 nitrogen and oxygen atoms in total. The molecular weight excluding hydrogens is 801 g/mol. The predicted octanol–water partition coefficient (Wildman–Crippen LogP) is 7.33. The van der Waals surface area contributed by atoms with Gasteiger partial charge in [-0.25, -0.2) is 0 Å². The molecule has 3 aliphatic heterocycles. The number of nitrogens with one attached hydrogen (secondary N) is 2. The summed E-state index contributed by atoms with van der Waals surface area (Å²) in [4.78, 5) is 71.1. The van der Waals surface area contributed by atoms with Gasteiger partial charge in [0.15, 0.2) is 5.82 Å². The number of benzene rings is 2. The Balaban J connectivity index is 0.00000567. The molecule has 1 saturated heterocycles. The lowest BCUT2D eigenvalue weighted by Crippen LogP contribution is -2.52. The molecule has 1 unspecified atom stereocenters. The molecule has 0 spiro atoms. The zero-order valence-corrected chi connectivity index (χ0v) is 35.2. The number of aromatic nitrogens is 3. The zero-order valence-electron chi connectivity index (χ0n) is 32.8. The number of nitrogens with zero attached hydrogens (tertiary/aromatic N) is 5. The first-order valence-corrected chi connectivity index (χ1v) is 20.7. The maximum Gasteiger partial charge on any atom is 0.255 e. The monoisotopic (exact) mass is 847 g/mol. The number of rotatable bonds is 16. The lowest BCUT2D eigenvalue weighted by molar-refractivity contribution is -0.137. The summed E-state index contributed by atoms with van der Waals surface area (Å²) in [5, 5.41) is 15.8. The Labute approximate surface area is 352 Å². The third-order valence-corrected chi connectivity index (χ3v) is 12.3. The number of halogens is 2. The Morgan fingerprint density at radius 3 is 2.50 bits per heavy atom. The molecule has 3 aliphatic rings. The molecule has 2 aromatic carbocycles. The normalized spacial score (nSPS) is 17.1. The first-order valence-electron chi connectivity index (χ1n) is 19.5. The molecule has 0 aliphatic carbocycles. The van der Waals surface area contributed by atoms with Gasteiger partial charge in [-0.2, -0.15) is 0 Å². The van der Waals surface area contributed by atoms with Crippen LogP contribution in [0.25, 0.3) is 5.00 Å². The van der Waals surface area contributed by atoms with Crippen molar-refractivity contribution >= 4 is 76.2 Å². The second kappa shape index (κ2) is 18.9. The van der Waals surface area contributed by atoms with Crippen LogP contribution in [0.15, 0.2) is 47.5 Å². The SMILES string of the molecule is Cc1sc2c(c1C)C(c1ccc(Cl)cc1)=N[C@@H](CC(=O)CCCOCCCCCCC(=O)Nc1cccc3c1CN(C1CCC(=O)NC1=O)C3=O)c1nnc(C)n1-2.Cl. The smallest absolute Gasteiger partial charge is 0.255 e. The van der Waals surface area contributed by atoms with Crippen molar-refractivity contribution in [1.29, 1.82) is 0 Å². The van der Waals surface area contributed by atoms with Gasteiger partial charge in [-0.05, 0) is 76.3 Å². The average molecular weight is 849 g/mol. The number of Topliss-reactive ketones (excluding diaryl/α,β-unsaturated/α-hetero) is 1. The fourth-order valence-corrected chi connectivity index (χ4v) is 9.02. The second-order valence-electron chi connectivity index (χ2n) is 14.8. The van der Waals surface area contributed by atoms with Gasteiger partial charge in [0, 0.05) is 83.3 Å². The number of ether oxygens (including phenoxy) is 1. The third kappa shape index (κ3) is 9.25. The van der Waals surface area contributed by atoms with E-state index in [2.05, 4.69) is 39.2 Å². The molecular formula is C42H47Cl2N7O6S. The second-order valence-corrected chi connectivity index (χ2v) is 16.4. The lowest BCUT2D eigenvalue weighted by Gasteiger charge is -2.29. The topological polar surface area (TPSA) is 165 Å². The highest BCUT2D eigenvalue weighted by atomic mass is 35.5. The number of hydrogen-bond acceptors (Lipinski definition) is 10. The van der Waals surface area contributed by atoms with Crippen molar-refractivity contribution in [2.75, 3.05) is 18.5 Å². The van der Waals surface area contributed by atoms with E-state index < -0.39 is 18.0 Å². The van der Waals surface area contributed by atoms with Crippen molar-refractivity contribution < 1.29 is 28.7 Å². The molecule has 2 aromatic heterocycles. The van der Waals surface area contributed by atoms with Gasteiger partial charge in [0.05, 0.1) is 5.71 Å². The van der Waals surface area contributed by atoms with Crippen LogP contribution in [0, 0.1) is 20.8 Å². The maximum atomic E-state index is 13.3. The standard InChI is InChI=1S/C42H46ClN7O6S.ClH/c1-24-25(2)57-42-37(24)38(27-14-16-28(43)17-15-27)45-33(39-48-47-26(3)50(39)42)22-29(51)10-9-21-56-20-7-5-4-6-13-35(52)44-32-12-8-11-30-31(32)23-49(41(30)55)34-18-19-36(53)46-40(34)54;/h8,11-12,14-17,33-34H,4-7,9-10,13,18-23H2,1-3H3,(H,44,52)(H,46,53,54);1H/t33-,34?;/m0./s1. The quantitative estimate of drug-likeness (QED) is 0.0875. The Morgan fingerprint density at radius 1 is 0.966 bits per heavy atom. The highest BCUT2D eigenvalue weighted by Crippen LogP contribution is 2.40. The number of fused-ring (bicyclic) bond motifs is 4. The van der Waals surface area contributed by atoms with Crippen molar-refractivity contribution in [3.05, 3.63) is 91.8 Å². The van der Waals surface area contributed by atoms with E-state index >= 15 is 0 Å². The van der Waals surface area contributed by atoms with Crippen LogP contribution in [0.1, 0.15) is 119 Å².